The van der Waals surface area contributed by atoms with Crippen LogP contribution in [0.5, 0.6) is 0 Å². The highest BCUT2D eigenvalue weighted by atomic mass is 35.5. The number of fused-ring (bicyclic) bond motifs is 1. The Bertz CT molecular complexity index is 1330. The zero-order valence-corrected chi connectivity index (χ0v) is 23.6. The Morgan fingerprint density at radius 1 is 1.13 bits per heavy atom. The van der Waals surface area contributed by atoms with Gasteiger partial charge >= 0.3 is 0 Å². The summed E-state index contributed by atoms with van der Waals surface area (Å²) in [5.74, 6) is -0.590. The van der Waals surface area contributed by atoms with E-state index in [1.54, 1.807) is 24.1 Å². The van der Waals surface area contributed by atoms with Gasteiger partial charge < -0.3 is 15.1 Å². The summed E-state index contributed by atoms with van der Waals surface area (Å²) in [5, 5.41) is 4.28. The predicted molar refractivity (Wildman–Crippen MR) is 153 cm³/mol. The first-order valence-corrected chi connectivity index (χ1v) is 13.8. The third kappa shape index (κ3) is 6.46. The molecule has 0 saturated carbocycles. The van der Waals surface area contributed by atoms with Crippen LogP contribution in [-0.4, -0.2) is 59.0 Å². The highest BCUT2D eigenvalue weighted by molar-refractivity contribution is 6.29. The molecule has 38 heavy (non-hydrogen) atoms. The van der Waals surface area contributed by atoms with Gasteiger partial charge in [0.25, 0.3) is 11.5 Å². The first-order chi connectivity index (χ1) is 18.1. The lowest BCUT2D eigenvalue weighted by Gasteiger charge is -2.45. The number of carbonyl (C=O) groups excluding carboxylic acids is 2. The fourth-order valence-corrected chi connectivity index (χ4v) is 5.24. The Morgan fingerprint density at radius 3 is 2.50 bits per heavy atom. The fraction of sp³-hybridized carbons (Fsp3) is 0.517. The van der Waals surface area contributed by atoms with Crippen molar-refractivity contribution < 1.29 is 9.59 Å². The second-order valence-electron chi connectivity index (χ2n) is 11.3. The second kappa shape index (κ2) is 11.7. The Balaban J connectivity index is 1.67. The summed E-state index contributed by atoms with van der Waals surface area (Å²) < 4.78 is 1.38. The Hall–Kier alpha value is -3.13. The van der Waals surface area contributed by atoms with E-state index in [-0.39, 0.29) is 23.4 Å². The molecule has 2 aromatic rings. The maximum Gasteiger partial charge on any atom is 0.265 e. The van der Waals surface area contributed by atoms with Gasteiger partial charge in [-0.3, -0.25) is 19.0 Å². The lowest BCUT2D eigenvalue weighted by atomic mass is 9.84. The summed E-state index contributed by atoms with van der Waals surface area (Å²) in [4.78, 5) is 48.5. The summed E-state index contributed by atoms with van der Waals surface area (Å²) in [6.07, 6.45) is 9.40. The number of aromatic nitrogens is 2. The third-order valence-electron chi connectivity index (χ3n) is 7.19. The van der Waals surface area contributed by atoms with Gasteiger partial charge in [-0.25, -0.2) is 4.98 Å². The third-order valence-corrected chi connectivity index (χ3v) is 7.32. The molecular formula is C29H38ClN5O3. The number of pyridine rings is 2. The molecule has 1 N–H and O–H groups in total. The van der Waals surface area contributed by atoms with E-state index in [2.05, 4.69) is 29.0 Å². The van der Waals surface area contributed by atoms with Crippen molar-refractivity contribution in [3.05, 3.63) is 57.0 Å². The molecule has 0 atom stereocenters. The van der Waals surface area contributed by atoms with Gasteiger partial charge in [0.15, 0.2) is 0 Å². The molecule has 0 bridgehead atoms. The van der Waals surface area contributed by atoms with E-state index in [1.165, 1.54) is 11.0 Å². The van der Waals surface area contributed by atoms with Crippen LogP contribution in [0, 0.1) is 5.41 Å². The number of rotatable bonds is 8. The Morgan fingerprint density at radius 2 is 1.84 bits per heavy atom. The maximum atomic E-state index is 13.6. The molecule has 8 nitrogen and oxygen atoms in total. The van der Waals surface area contributed by atoms with Crippen molar-refractivity contribution in [1.82, 2.24) is 19.8 Å². The van der Waals surface area contributed by atoms with Crippen LogP contribution in [0.25, 0.3) is 11.0 Å². The number of likely N-dealkylation sites (tertiary alicyclic amines) is 1. The van der Waals surface area contributed by atoms with Gasteiger partial charge in [-0.15, -0.1) is 0 Å². The molecule has 9 heteroatoms. The summed E-state index contributed by atoms with van der Waals surface area (Å²) in [6, 6.07) is 3.59. The van der Waals surface area contributed by atoms with E-state index >= 15 is 0 Å². The minimum atomic E-state index is -0.501. The van der Waals surface area contributed by atoms with Crippen LogP contribution in [0.15, 0.2) is 45.9 Å². The number of nitrogens with one attached hydrogen (secondary N) is 1. The normalized spacial score (nSPS) is 17.9. The molecule has 0 spiro atoms. The lowest BCUT2D eigenvalue weighted by molar-refractivity contribution is -0.142. The van der Waals surface area contributed by atoms with Crippen LogP contribution in [0.3, 0.4) is 0 Å². The van der Waals surface area contributed by atoms with E-state index in [1.807, 2.05) is 25.1 Å². The van der Waals surface area contributed by atoms with Gasteiger partial charge in [0.2, 0.25) is 5.91 Å². The quantitative estimate of drug-likeness (QED) is 0.500. The monoisotopic (exact) mass is 539 g/mol. The molecule has 0 radical (unpaired) electrons. The molecule has 2 saturated heterocycles. The molecule has 2 aliphatic rings. The van der Waals surface area contributed by atoms with Crippen molar-refractivity contribution in [2.45, 2.75) is 59.9 Å². The zero-order valence-electron chi connectivity index (χ0n) is 22.8. The largest absolute Gasteiger partial charge is 0.371 e. The summed E-state index contributed by atoms with van der Waals surface area (Å²) in [6.45, 7) is 11.3. The van der Waals surface area contributed by atoms with E-state index in [9.17, 15) is 14.4 Å². The first-order valence-electron chi connectivity index (χ1n) is 13.4. The van der Waals surface area contributed by atoms with Crippen molar-refractivity contribution in [2.24, 2.45) is 5.41 Å². The lowest BCUT2D eigenvalue weighted by Crippen LogP contribution is -2.56. The summed E-state index contributed by atoms with van der Waals surface area (Å²) in [7, 11) is 0. The molecule has 204 valence electrons. The molecule has 2 aromatic heterocycles. The highest BCUT2D eigenvalue weighted by Crippen LogP contribution is 2.30. The van der Waals surface area contributed by atoms with Gasteiger partial charge in [0.1, 0.15) is 17.8 Å². The fourth-order valence-electron chi connectivity index (χ4n) is 5.18. The van der Waals surface area contributed by atoms with Crippen molar-refractivity contribution in [3.8, 4) is 0 Å². The Kier molecular flexibility index (Phi) is 8.61. The van der Waals surface area contributed by atoms with Gasteiger partial charge in [0.05, 0.1) is 0 Å². The molecular weight excluding hydrogens is 502 g/mol. The van der Waals surface area contributed by atoms with Gasteiger partial charge in [-0.05, 0) is 63.2 Å². The van der Waals surface area contributed by atoms with E-state index < -0.39 is 11.5 Å². The van der Waals surface area contributed by atoms with Crippen LogP contribution in [0.2, 0.25) is 0 Å². The number of piperidine rings is 1. The van der Waals surface area contributed by atoms with E-state index in [0.29, 0.717) is 36.7 Å². The van der Waals surface area contributed by atoms with Crippen LogP contribution >= 0.6 is 11.6 Å². The number of anilines is 1. The maximum absolute atomic E-state index is 13.6. The van der Waals surface area contributed by atoms with Crippen LogP contribution in [-0.2, 0) is 11.3 Å². The number of hydrogen-bond acceptors (Lipinski definition) is 5. The highest BCUT2D eigenvalue weighted by Gasteiger charge is 2.37. The number of hydrogen-bond donors (Lipinski definition) is 1. The van der Waals surface area contributed by atoms with Gasteiger partial charge in [-0.1, -0.05) is 37.1 Å². The standard InChI is InChI=1S/C29H38ClN5O3/c1-20(8-9-21(2)30)10-12-32-27(37)23-16-22-24(33-14-6-5-7-15-33)11-13-31-26(22)35(28(23)38)17-25(36)34-18-29(3,4)19-34/h8-9,11,13,16H,5-7,10,12,14-15,17-19H2,1-4H3,(H,32,37). The smallest absolute Gasteiger partial charge is 0.265 e. The second-order valence-corrected chi connectivity index (χ2v) is 11.8. The zero-order chi connectivity index (χ0) is 27.4. The molecule has 0 unspecified atom stereocenters. The average Bonchev–Trinajstić information content (AvgIpc) is 2.87. The minimum Gasteiger partial charge on any atom is -0.371 e. The molecule has 0 aliphatic carbocycles. The van der Waals surface area contributed by atoms with Crippen LogP contribution in [0.1, 0.15) is 63.7 Å². The number of carbonyl (C=O) groups is 2. The molecule has 0 aromatic carbocycles. The number of nitrogens with zero attached hydrogens (tertiary/aromatic N) is 4. The Labute approximate surface area is 229 Å². The summed E-state index contributed by atoms with van der Waals surface area (Å²) >= 11 is 5.89. The minimum absolute atomic E-state index is 0.0265. The van der Waals surface area contributed by atoms with Crippen LogP contribution < -0.4 is 15.8 Å². The number of halogens is 1. The van der Waals surface area contributed by atoms with Crippen molar-refractivity contribution in [1.29, 1.82) is 0 Å². The van der Waals surface area contributed by atoms with Crippen LogP contribution in [0.4, 0.5) is 5.69 Å². The van der Waals surface area contributed by atoms with Crippen molar-refractivity contribution in [3.63, 3.8) is 0 Å². The van der Waals surface area contributed by atoms with E-state index in [0.717, 1.165) is 42.6 Å². The molecule has 2 fully saturated rings. The number of allylic oxidation sites excluding steroid dienone is 3. The topological polar surface area (TPSA) is 87.5 Å². The molecule has 4 heterocycles. The molecule has 2 amide bonds. The number of amides is 2. The first kappa shape index (κ1) is 27.9. The molecule has 4 rings (SSSR count). The van der Waals surface area contributed by atoms with Crippen molar-refractivity contribution in [2.75, 3.05) is 37.6 Å². The van der Waals surface area contributed by atoms with Crippen molar-refractivity contribution >= 4 is 40.1 Å². The van der Waals surface area contributed by atoms with E-state index in [4.69, 9.17) is 11.6 Å². The SMILES string of the molecule is CC(Cl)=CC=C(C)CCNC(=O)c1cc2c(N3CCCCC3)ccnc2n(CC(=O)N2CC(C)(C)C2)c1=O. The average molecular weight is 540 g/mol. The van der Waals surface area contributed by atoms with Gasteiger partial charge in [-0.2, -0.15) is 0 Å². The van der Waals surface area contributed by atoms with Gasteiger partial charge in [0, 0.05) is 55.0 Å². The summed E-state index contributed by atoms with van der Waals surface area (Å²) in [5.41, 5.74) is 2.04. The molecule has 2 aliphatic heterocycles. The predicted octanol–water partition coefficient (Wildman–Crippen LogP) is 4.46.